The third kappa shape index (κ3) is 2.48. The minimum Gasteiger partial charge on any atom is -0.492 e. The van der Waals surface area contributed by atoms with Gasteiger partial charge in [0.15, 0.2) is 5.75 Å². The Balaban J connectivity index is 2.34. The highest BCUT2D eigenvalue weighted by Gasteiger charge is 2.33. The second-order valence-corrected chi connectivity index (χ2v) is 5.97. The molecule has 1 fully saturated rings. The van der Waals surface area contributed by atoms with E-state index in [2.05, 4.69) is 17.9 Å². The standard InChI is InChI=1S/C13H19N3O2S/c1-13(18-3)5-4-6-16(8-13)12-11(17-2)10(15)9(7-14)19-12/h4-6,8,15H2,1-3H3. The molecule has 2 heterocycles. The van der Waals surface area contributed by atoms with Crippen LogP contribution >= 0.6 is 11.3 Å². The molecular formula is C13H19N3O2S. The summed E-state index contributed by atoms with van der Waals surface area (Å²) in [6.45, 7) is 3.82. The number of ether oxygens (including phenoxy) is 2. The molecule has 6 heteroatoms. The number of thiophene rings is 1. The number of anilines is 2. The van der Waals surface area contributed by atoms with Crippen molar-refractivity contribution in [3.63, 3.8) is 0 Å². The molecule has 2 N–H and O–H groups in total. The number of piperidine rings is 1. The van der Waals surface area contributed by atoms with Crippen LogP contribution in [0.15, 0.2) is 0 Å². The number of methoxy groups -OCH3 is 2. The quantitative estimate of drug-likeness (QED) is 0.919. The predicted octanol–water partition coefficient (Wildman–Crippen LogP) is 2.22. The van der Waals surface area contributed by atoms with Crippen molar-refractivity contribution in [2.45, 2.75) is 25.4 Å². The Morgan fingerprint density at radius 3 is 2.79 bits per heavy atom. The fourth-order valence-electron chi connectivity index (χ4n) is 2.45. The Morgan fingerprint density at radius 2 is 2.21 bits per heavy atom. The number of hydrogen-bond donors (Lipinski definition) is 1. The van der Waals surface area contributed by atoms with E-state index in [0.717, 1.165) is 30.9 Å². The van der Waals surface area contributed by atoms with Crippen molar-refractivity contribution in [3.8, 4) is 11.8 Å². The minimum absolute atomic E-state index is 0.158. The van der Waals surface area contributed by atoms with Crippen LogP contribution in [-0.2, 0) is 4.74 Å². The molecule has 1 aromatic rings. The normalized spacial score (nSPS) is 23.2. The lowest BCUT2D eigenvalue weighted by molar-refractivity contribution is -0.00457. The zero-order chi connectivity index (χ0) is 14.0. The summed E-state index contributed by atoms with van der Waals surface area (Å²) in [5, 5.41) is 10.0. The summed E-state index contributed by atoms with van der Waals surface area (Å²) in [4.78, 5) is 2.71. The van der Waals surface area contributed by atoms with Crippen LogP contribution in [0.5, 0.6) is 5.75 Å². The van der Waals surface area contributed by atoms with E-state index in [4.69, 9.17) is 20.5 Å². The van der Waals surface area contributed by atoms with Crippen LogP contribution in [0.1, 0.15) is 24.6 Å². The second-order valence-electron chi connectivity index (χ2n) is 4.97. The van der Waals surface area contributed by atoms with Gasteiger partial charge < -0.3 is 20.1 Å². The highest BCUT2D eigenvalue weighted by molar-refractivity contribution is 7.17. The second kappa shape index (κ2) is 5.27. The molecule has 0 aromatic carbocycles. The highest BCUT2D eigenvalue weighted by Crippen LogP contribution is 2.45. The van der Waals surface area contributed by atoms with Gasteiger partial charge in [-0.15, -0.1) is 11.3 Å². The lowest BCUT2D eigenvalue weighted by atomic mass is 9.95. The van der Waals surface area contributed by atoms with E-state index >= 15 is 0 Å². The molecule has 0 radical (unpaired) electrons. The predicted molar refractivity (Wildman–Crippen MR) is 76.9 cm³/mol. The molecule has 1 saturated heterocycles. The first-order valence-electron chi connectivity index (χ1n) is 6.21. The van der Waals surface area contributed by atoms with E-state index in [1.807, 2.05) is 0 Å². The zero-order valence-electron chi connectivity index (χ0n) is 11.5. The summed E-state index contributed by atoms with van der Waals surface area (Å²) in [6.07, 6.45) is 2.08. The van der Waals surface area contributed by atoms with E-state index in [-0.39, 0.29) is 5.60 Å². The van der Waals surface area contributed by atoms with Crippen LogP contribution in [0.3, 0.4) is 0 Å². The first-order chi connectivity index (χ1) is 9.04. The molecule has 1 atom stereocenters. The van der Waals surface area contributed by atoms with Crippen molar-refractivity contribution in [3.05, 3.63) is 4.88 Å². The van der Waals surface area contributed by atoms with Crippen LogP contribution in [-0.4, -0.2) is 32.9 Å². The Hall–Kier alpha value is -1.45. The van der Waals surface area contributed by atoms with Gasteiger partial charge in [-0.25, -0.2) is 0 Å². The fourth-order valence-corrected chi connectivity index (χ4v) is 3.46. The van der Waals surface area contributed by atoms with Crippen LogP contribution in [0.2, 0.25) is 0 Å². The Morgan fingerprint density at radius 1 is 1.47 bits per heavy atom. The third-order valence-electron chi connectivity index (χ3n) is 3.63. The molecule has 1 unspecified atom stereocenters. The van der Waals surface area contributed by atoms with Gasteiger partial charge in [-0.1, -0.05) is 0 Å². The first kappa shape index (κ1) is 14.0. The van der Waals surface area contributed by atoms with Gasteiger partial charge in [-0.3, -0.25) is 0 Å². The van der Waals surface area contributed by atoms with Gasteiger partial charge in [0.2, 0.25) is 0 Å². The number of hydrogen-bond acceptors (Lipinski definition) is 6. The van der Waals surface area contributed by atoms with E-state index < -0.39 is 0 Å². The van der Waals surface area contributed by atoms with Gasteiger partial charge >= 0.3 is 0 Å². The topological polar surface area (TPSA) is 71.5 Å². The van der Waals surface area contributed by atoms with Crippen molar-refractivity contribution in [1.29, 1.82) is 5.26 Å². The van der Waals surface area contributed by atoms with Gasteiger partial charge in [0.25, 0.3) is 0 Å². The molecule has 1 aliphatic heterocycles. The average molecular weight is 281 g/mol. The molecule has 0 bridgehead atoms. The minimum atomic E-state index is -0.158. The van der Waals surface area contributed by atoms with Crippen molar-refractivity contribution in [1.82, 2.24) is 0 Å². The molecule has 0 amide bonds. The largest absolute Gasteiger partial charge is 0.492 e. The molecule has 2 rings (SSSR count). The summed E-state index contributed by atoms with van der Waals surface area (Å²) in [7, 11) is 3.33. The average Bonchev–Trinajstić information content (AvgIpc) is 2.75. The molecule has 0 aliphatic carbocycles. The molecule has 0 saturated carbocycles. The van der Waals surface area contributed by atoms with Crippen molar-refractivity contribution < 1.29 is 9.47 Å². The smallest absolute Gasteiger partial charge is 0.177 e. The van der Waals surface area contributed by atoms with E-state index in [1.165, 1.54) is 11.3 Å². The number of nitrogens with zero attached hydrogens (tertiary/aromatic N) is 2. The van der Waals surface area contributed by atoms with E-state index in [9.17, 15) is 0 Å². The molecule has 5 nitrogen and oxygen atoms in total. The summed E-state index contributed by atoms with van der Waals surface area (Å²) >= 11 is 1.39. The zero-order valence-corrected chi connectivity index (χ0v) is 12.3. The van der Waals surface area contributed by atoms with Crippen LogP contribution in [0.4, 0.5) is 10.7 Å². The van der Waals surface area contributed by atoms with Crippen molar-refractivity contribution >= 4 is 22.0 Å². The van der Waals surface area contributed by atoms with E-state index in [1.54, 1.807) is 14.2 Å². The van der Waals surface area contributed by atoms with Crippen LogP contribution < -0.4 is 15.4 Å². The molecule has 104 valence electrons. The van der Waals surface area contributed by atoms with Crippen LogP contribution in [0.25, 0.3) is 0 Å². The molecule has 19 heavy (non-hydrogen) atoms. The van der Waals surface area contributed by atoms with Crippen molar-refractivity contribution in [2.24, 2.45) is 0 Å². The Kier molecular flexibility index (Phi) is 3.88. The molecular weight excluding hydrogens is 262 g/mol. The third-order valence-corrected chi connectivity index (χ3v) is 4.78. The van der Waals surface area contributed by atoms with Gasteiger partial charge in [-0.05, 0) is 19.8 Å². The van der Waals surface area contributed by atoms with Crippen molar-refractivity contribution in [2.75, 3.05) is 37.9 Å². The summed E-state index contributed by atoms with van der Waals surface area (Å²) < 4.78 is 11.0. The number of nitrogen functional groups attached to an aromatic ring is 1. The maximum atomic E-state index is 9.08. The lowest BCUT2D eigenvalue weighted by Gasteiger charge is -2.40. The number of rotatable bonds is 3. The van der Waals surface area contributed by atoms with Gasteiger partial charge in [0.1, 0.15) is 21.6 Å². The highest BCUT2D eigenvalue weighted by atomic mass is 32.1. The number of nitrogens with two attached hydrogens (primary N) is 1. The summed E-state index contributed by atoms with van der Waals surface area (Å²) in [5.74, 6) is 0.613. The SMILES string of the molecule is COc1c(N2CCCC(C)(OC)C2)sc(C#N)c1N. The number of nitriles is 1. The maximum Gasteiger partial charge on any atom is 0.177 e. The van der Waals surface area contributed by atoms with Gasteiger partial charge in [0.05, 0.1) is 12.7 Å². The van der Waals surface area contributed by atoms with Gasteiger partial charge in [-0.2, -0.15) is 5.26 Å². The summed E-state index contributed by atoms with van der Waals surface area (Å²) in [5.41, 5.74) is 6.22. The van der Waals surface area contributed by atoms with E-state index in [0.29, 0.717) is 16.3 Å². The lowest BCUT2D eigenvalue weighted by Crippen LogP contribution is -2.47. The van der Waals surface area contributed by atoms with Gasteiger partial charge in [0, 0.05) is 20.2 Å². The Labute approximate surface area is 117 Å². The molecule has 0 spiro atoms. The monoisotopic (exact) mass is 281 g/mol. The molecule has 1 aliphatic rings. The summed E-state index contributed by atoms with van der Waals surface area (Å²) in [6, 6.07) is 2.12. The molecule has 1 aromatic heterocycles. The first-order valence-corrected chi connectivity index (χ1v) is 7.02. The van der Waals surface area contributed by atoms with Crippen LogP contribution in [0, 0.1) is 11.3 Å². The Bertz CT molecular complexity index is 509. The maximum absolute atomic E-state index is 9.08. The fraction of sp³-hybridized carbons (Fsp3) is 0.615.